The fraction of sp³-hybridized carbons (Fsp3) is 0.250. The van der Waals surface area contributed by atoms with Gasteiger partial charge in [-0.1, -0.05) is 0 Å². The predicted octanol–water partition coefficient (Wildman–Crippen LogP) is 2.34. The van der Waals surface area contributed by atoms with E-state index < -0.39 is 23.2 Å². The van der Waals surface area contributed by atoms with Crippen LogP contribution >= 0.6 is 0 Å². The summed E-state index contributed by atoms with van der Waals surface area (Å²) < 4.78 is 3.01. The van der Waals surface area contributed by atoms with Gasteiger partial charge >= 0.3 is 210 Å². The predicted molar refractivity (Wildman–Crippen MR) is 139 cm³/mol. The maximum atomic E-state index is 2.49. The minimum absolute atomic E-state index is 0. The molecule has 3 heteroatoms. The van der Waals surface area contributed by atoms with Crippen molar-refractivity contribution < 1.29 is 48.0 Å². The third-order valence-electron chi connectivity index (χ3n) is 7.39. The summed E-state index contributed by atoms with van der Waals surface area (Å²) >= 11 is -0.591. The first-order valence-corrected chi connectivity index (χ1v) is 15.2. The molecule has 1 atom stereocenters. The van der Waals surface area contributed by atoms with Gasteiger partial charge in [-0.25, -0.2) is 0 Å². The van der Waals surface area contributed by atoms with Crippen LogP contribution in [0.15, 0.2) is 84.5 Å². The second kappa shape index (κ2) is 10.0. The van der Waals surface area contributed by atoms with Crippen molar-refractivity contribution in [3.8, 4) is 11.1 Å². The Morgan fingerprint density at radius 3 is 2.34 bits per heavy atom. The van der Waals surface area contributed by atoms with Gasteiger partial charge in [-0.2, -0.15) is 0 Å². The van der Waals surface area contributed by atoms with Crippen molar-refractivity contribution in [3.63, 3.8) is 0 Å². The Kier molecular flexibility index (Phi) is 7.55. The second-order valence-electron chi connectivity index (χ2n) is 10.5. The van der Waals surface area contributed by atoms with Gasteiger partial charge in [-0.3, -0.25) is 0 Å². The summed E-state index contributed by atoms with van der Waals surface area (Å²) in [6.07, 6.45) is 8.33. The summed E-state index contributed by atoms with van der Waals surface area (Å²) in [6.45, 7) is 9.32. The van der Waals surface area contributed by atoms with E-state index in [-0.39, 0.29) is 30.2 Å². The number of hydrogen-bond acceptors (Lipinski definition) is 0. The molecular weight excluding hydrogens is 546 g/mol. The van der Waals surface area contributed by atoms with Crippen molar-refractivity contribution in [2.24, 2.45) is 5.41 Å². The number of rotatable bonds is 3. The molecule has 2 aliphatic rings. The molecule has 0 aromatic heterocycles. The molecule has 4 aromatic carbocycles. The Balaban J connectivity index is 0.00000144. The van der Waals surface area contributed by atoms with E-state index in [1.165, 1.54) is 48.1 Å². The number of fused-ring (bicyclic) bond motifs is 8. The van der Waals surface area contributed by atoms with Crippen LogP contribution in [0, 0.1) is 5.41 Å². The first kappa shape index (κ1) is 26.4. The van der Waals surface area contributed by atoms with Crippen LogP contribution in [-0.4, -0.2) is 0 Å². The van der Waals surface area contributed by atoms with E-state index in [1.807, 2.05) is 0 Å². The molecule has 0 radical (unpaired) electrons. The summed E-state index contributed by atoms with van der Waals surface area (Å²) in [4.78, 5) is 0. The van der Waals surface area contributed by atoms with Gasteiger partial charge < -0.3 is 24.8 Å². The molecule has 0 spiro atoms. The van der Waals surface area contributed by atoms with Crippen LogP contribution in [0.2, 0.25) is 4.13 Å². The van der Waals surface area contributed by atoms with Crippen molar-refractivity contribution in [2.75, 3.05) is 0 Å². The van der Waals surface area contributed by atoms with Crippen LogP contribution in [0.4, 0.5) is 0 Å². The first-order chi connectivity index (χ1) is 16.0. The quantitative estimate of drug-likeness (QED) is 0.290. The number of hydrogen-bond donors (Lipinski definition) is 0. The molecule has 35 heavy (non-hydrogen) atoms. The number of halogens is 2. The minimum Gasteiger partial charge on any atom is -1.00 e. The Morgan fingerprint density at radius 1 is 0.857 bits per heavy atom. The van der Waals surface area contributed by atoms with Crippen molar-refractivity contribution in [2.45, 2.75) is 44.2 Å². The molecule has 0 N–H and O–H groups in total. The molecule has 0 amide bonds. The average Bonchev–Trinajstić information content (AvgIpc) is 3.44. The molecule has 176 valence electrons. The van der Waals surface area contributed by atoms with Gasteiger partial charge in [0.25, 0.3) is 0 Å². The number of benzene rings is 4. The van der Waals surface area contributed by atoms with E-state index in [0.717, 1.165) is 6.42 Å². The van der Waals surface area contributed by atoms with Gasteiger partial charge in [0.05, 0.1) is 0 Å². The van der Waals surface area contributed by atoms with Gasteiger partial charge in [0.2, 0.25) is 0 Å². The summed E-state index contributed by atoms with van der Waals surface area (Å²) in [5, 5.41) is 5.97. The molecule has 2 aliphatic carbocycles. The van der Waals surface area contributed by atoms with Gasteiger partial charge in [0, 0.05) is 0 Å². The normalized spacial score (nSPS) is 15.8. The van der Waals surface area contributed by atoms with Gasteiger partial charge in [0.15, 0.2) is 0 Å². The van der Waals surface area contributed by atoms with Crippen LogP contribution in [0.3, 0.4) is 0 Å². The molecular formula is C32H30Cl2Zr. The van der Waals surface area contributed by atoms with E-state index >= 15 is 0 Å². The molecule has 0 aliphatic heterocycles. The zero-order valence-corrected chi connectivity index (χ0v) is 24.7. The zero-order chi connectivity index (χ0) is 22.7. The Morgan fingerprint density at radius 2 is 1.60 bits per heavy atom. The Bertz CT molecular complexity index is 1490. The Hall–Kier alpha value is -1.66. The number of allylic oxidation sites excluding steroid dienone is 4. The van der Waals surface area contributed by atoms with Crippen molar-refractivity contribution in [1.82, 2.24) is 0 Å². The fourth-order valence-corrected chi connectivity index (χ4v) is 8.47. The van der Waals surface area contributed by atoms with Crippen molar-refractivity contribution >= 4 is 24.8 Å². The smallest absolute Gasteiger partial charge is 1.00 e. The van der Waals surface area contributed by atoms with Crippen molar-refractivity contribution in [1.29, 1.82) is 0 Å². The minimum atomic E-state index is -0.591. The molecule has 0 bridgehead atoms. The third-order valence-corrected chi connectivity index (χ3v) is 10.2. The monoisotopic (exact) mass is 574 g/mol. The first-order valence-electron chi connectivity index (χ1n) is 12.2. The summed E-state index contributed by atoms with van der Waals surface area (Å²) in [6, 6.07) is 23.3. The third kappa shape index (κ3) is 4.29. The van der Waals surface area contributed by atoms with Gasteiger partial charge in [-0.05, 0) is 0 Å². The molecule has 0 saturated carbocycles. The van der Waals surface area contributed by atoms with Crippen LogP contribution in [0.25, 0.3) is 32.7 Å². The zero-order valence-electron chi connectivity index (χ0n) is 20.8. The van der Waals surface area contributed by atoms with E-state index in [1.54, 1.807) is 14.2 Å². The van der Waals surface area contributed by atoms with E-state index in [9.17, 15) is 0 Å². The van der Waals surface area contributed by atoms with Crippen LogP contribution in [0.1, 0.15) is 50.3 Å². The molecule has 0 nitrogen and oxygen atoms in total. The van der Waals surface area contributed by atoms with Crippen LogP contribution in [-0.2, 0) is 29.7 Å². The largest absolute Gasteiger partial charge is 1.00 e. The molecule has 0 fully saturated rings. The molecule has 1 unspecified atom stereocenters. The molecule has 0 heterocycles. The summed E-state index contributed by atoms with van der Waals surface area (Å²) in [7, 11) is 0. The maximum absolute atomic E-state index is 2.49. The summed E-state index contributed by atoms with van der Waals surface area (Å²) in [5.74, 6) is 0.343. The molecule has 0 saturated heterocycles. The van der Waals surface area contributed by atoms with Gasteiger partial charge in [0.1, 0.15) is 0 Å². The van der Waals surface area contributed by atoms with Gasteiger partial charge in [-0.15, -0.1) is 0 Å². The van der Waals surface area contributed by atoms with E-state index in [4.69, 9.17) is 0 Å². The Labute approximate surface area is 233 Å². The van der Waals surface area contributed by atoms with Crippen LogP contribution in [0.5, 0.6) is 0 Å². The summed E-state index contributed by atoms with van der Waals surface area (Å²) in [5.41, 5.74) is 9.09. The van der Waals surface area contributed by atoms with E-state index in [0.29, 0.717) is 5.92 Å². The fourth-order valence-electron chi connectivity index (χ4n) is 5.87. The van der Waals surface area contributed by atoms with Crippen LogP contribution < -0.4 is 28.1 Å². The topological polar surface area (TPSA) is 0 Å². The maximum Gasteiger partial charge on any atom is -1.00 e. The standard InChI is InChI=1S/C30H25.C2H5.2ClH.Zr/c1-30(2,3)21-16-15-20(17-21)23-13-8-14-26-28(23)25-12-7-6-11-24(25)27-18-19-9-4-5-10-22(19)29(26)27;1-2;;;/h4-10,12-17,20H,18H2,1-3H3;1H2,2H3;2*1H;/q;;;;+2/p-2. The van der Waals surface area contributed by atoms with E-state index in [2.05, 4.69) is 107 Å². The molecule has 4 aromatic rings. The average molecular weight is 577 g/mol. The second-order valence-corrected chi connectivity index (χ2v) is 14.4. The van der Waals surface area contributed by atoms with Crippen molar-refractivity contribution in [3.05, 3.63) is 101 Å². The SMILES string of the molecule is C[CH2][Zr+2][c]1cccc2c1c1c(c3cccc(C4C=CC(C(C)(C)C)=C4)c32)-c2ccccc2C1.[Cl-].[Cl-]. The molecule has 6 rings (SSSR count).